The first-order valence-corrected chi connectivity index (χ1v) is 5.65. The summed E-state index contributed by atoms with van der Waals surface area (Å²) in [5.41, 5.74) is 0.195. The zero-order valence-electron chi connectivity index (χ0n) is 9.56. The smallest absolute Gasteiger partial charge is 0.343 e. The first-order valence-electron chi connectivity index (χ1n) is 5.27. The van der Waals surface area contributed by atoms with E-state index in [1.165, 1.54) is 24.3 Å². The molecule has 0 heterocycles. The Labute approximate surface area is 113 Å². The number of carbonyl (C=O) groups is 1. The Kier molecular flexibility index (Phi) is 3.79. The number of carbonyl (C=O) groups excluding carboxylic acids is 1. The van der Waals surface area contributed by atoms with E-state index in [4.69, 9.17) is 21.6 Å². The summed E-state index contributed by atoms with van der Waals surface area (Å²) in [5.74, 6) is -1.32. The predicted molar refractivity (Wildman–Crippen MR) is 67.5 cm³/mol. The molecular formula is C14H7ClFNO2. The van der Waals surface area contributed by atoms with Crippen LogP contribution in [-0.4, -0.2) is 5.97 Å². The second-order valence-corrected chi connectivity index (χ2v) is 4.09. The molecule has 0 amide bonds. The van der Waals surface area contributed by atoms with Gasteiger partial charge in [-0.15, -0.1) is 0 Å². The van der Waals surface area contributed by atoms with Crippen molar-refractivity contribution in [3.8, 4) is 11.8 Å². The van der Waals surface area contributed by atoms with E-state index in [0.717, 1.165) is 6.07 Å². The minimum absolute atomic E-state index is 0.0384. The molecule has 0 atom stereocenters. The highest BCUT2D eigenvalue weighted by atomic mass is 35.5. The van der Waals surface area contributed by atoms with Gasteiger partial charge in [-0.2, -0.15) is 5.26 Å². The Bertz CT molecular complexity index is 662. The molecule has 0 aliphatic rings. The van der Waals surface area contributed by atoms with Crippen molar-refractivity contribution in [3.63, 3.8) is 0 Å². The number of nitriles is 1. The summed E-state index contributed by atoms with van der Waals surface area (Å²) >= 11 is 5.70. The minimum Gasteiger partial charge on any atom is -0.423 e. The summed E-state index contributed by atoms with van der Waals surface area (Å²) in [4.78, 5) is 11.7. The SMILES string of the molecule is N#Cc1ccc(OC(=O)c2ccc(Cl)cc2)cc1F. The fourth-order valence-electron chi connectivity index (χ4n) is 1.40. The summed E-state index contributed by atoms with van der Waals surface area (Å²) < 4.78 is 18.3. The summed E-state index contributed by atoms with van der Waals surface area (Å²) in [6.45, 7) is 0. The van der Waals surface area contributed by atoms with E-state index in [-0.39, 0.29) is 11.3 Å². The van der Waals surface area contributed by atoms with Crippen LogP contribution in [0.3, 0.4) is 0 Å². The quantitative estimate of drug-likeness (QED) is 0.622. The maximum Gasteiger partial charge on any atom is 0.343 e. The van der Waals surface area contributed by atoms with Crippen LogP contribution in [0.5, 0.6) is 5.75 Å². The average Bonchev–Trinajstić information content (AvgIpc) is 2.39. The molecule has 0 aromatic heterocycles. The molecule has 0 aliphatic carbocycles. The Hall–Kier alpha value is -2.38. The van der Waals surface area contributed by atoms with E-state index in [9.17, 15) is 9.18 Å². The summed E-state index contributed by atoms with van der Waals surface area (Å²) in [5, 5.41) is 9.09. The zero-order valence-corrected chi connectivity index (χ0v) is 10.3. The Morgan fingerprint density at radius 2 is 1.89 bits per heavy atom. The third kappa shape index (κ3) is 3.09. The van der Waals surface area contributed by atoms with Crippen LogP contribution in [0.15, 0.2) is 42.5 Å². The molecule has 19 heavy (non-hydrogen) atoms. The van der Waals surface area contributed by atoms with Crippen LogP contribution in [0.4, 0.5) is 4.39 Å². The number of hydrogen-bond donors (Lipinski definition) is 0. The number of rotatable bonds is 2. The van der Waals surface area contributed by atoms with Gasteiger partial charge in [-0.05, 0) is 36.4 Å². The molecule has 0 spiro atoms. The van der Waals surface area contributed by atoms with E-state index in [0.29, 0.717) is 10.6 Å². The third-order valence-electron chi connectivity index (χ3n) is 2.35. The van der Waals surface area contributed by atoms with Crippen molar-refractivity contribution in [2.75, 3.05) is 0 Å². The standard InChI is InChI=1S/C14H7ClFNO2/c15-11-4-1-9(2-5-11)14(18)19-12-6-3-10(8-17)13(16)7-12/h1-7H. The highest BCUT2D eigenvalue weighted by molar-refractivity contribution is 6.30. The summed E-state index contributed by atoms with van der Waals surface area (Å²) in [6, 6.07) is 11.4. The van der Waals surface area contributed by atoms with Gasteiger partial charge in [0.05, 0.1) is 11.1 Å². The van der Waals surface area contributed by atoms with Crippen molar-refractivity contribution in [3.05, 3.63) is 64.4 Å². The molecule has 0 unspecified atom stereocenters. The van der Waals surface area contributed by atoms with E-state index in [1.54, 1.807) is 18.2 Å². The largest absolute Gasteiger partial charge is 0.423 e. The van der Waals surface area contributed by atoms with Gasteiger partial charge in [0.2, 0.25) is 0 Å². The number of ether oxygens (including phenoxy) is 1. The lowest BCUT2D eigenvalue weighted by Gasteiger charge is -2.04. The molecule has 2 aromatic carbocycles. The molecule has 2 rings (SSSR count). The van der Waals surface area contributed by atoms with Gasteiger partial charge in [0.25, 0.3) is 0 Å². The topological polar surface area (TPSA) is 50.1 Å². The maximum atomic E-state index is 13.3. The second-order valence-electron chi connectivity index (χ2n) is 3.65. The summed E-state index contributed by atoms with van der Waals surface area (Å²) in [6.07, 6.45) is 0. The van der Waals surface area contributed by atoms with Gasteiger partial charge in [-0.25, -0.2) is 9.18 Å². The van der Waals surface area contributed by atoms with Crippen molar-refractivity contribution < 1.29 is 13.9 Å². The van der Waals surface area contributed by atoms with Crippen LogP contribution < -0.4 is 4.74 Å². The monoisotopic (exact) mass is 275 g/mol. The highest BCUT2D eigenvalue weighted by Gasteiger charge is 2.10. The fraction of sp³-hybridized carbons (Fsp3) is 0. The lowest BCUT2D eigenvalue weighted by molar-refractivity contribution is 0.0734. The van der Waals surface area contributed by atoms with Gasteiger partial charge in [-0.3, -0.25) is 0 Å². The first kappa shape index (κ1) is 13.1. The molecule has 0 N–H and O–H groups in total. The molecule has 0 saturated heterocycles. The number of esters is 1. The predicted octanol–water partition coefficient (Wildman–Crippen LogP) is 3.57. The molecule has 0 aliphatic heterocycles. The Morgan fingerprint density at radius 3 is 2.47 bits per heavy atom. The van der Waals surface area contributed by atoms with E-state index in [2.05, 4.69) is 0 Å². The molecule has 0 bridgehead atoms. The number of benzene rings is 2. The number of hydrogen-bond acceptors (Lipinski definition) is 3. The molecule has 0 radical (unpaired) electrons. The van der Waals surface area contributed by atoms with Crippen molar-refractivity contribution in [1.29, 1.82) is 5.26 Å². The van der Waals surface area contributed by atoms with Crippen LogP contribution in [0.1, 0.15) is 15.9 Å². The van der Waals surface area contributed by atoms with Crippen molar-refractivity contribution in [2.45, 2.75) is 0 Å². The molecule has 94 valence electrons. The molecule has 0 fully saturated rings. The minimum atomic E-state index is -0.732. The van der Waals surface area contributed by atoms with Crippen molar-refractivity contribution >= 4 is 17.6 Å². The second kappa shape index (κ2) is 5.51. The molecular weight excluding hydrogens is 269 g/mol. The first-order chi connectivity index (χ1) is 9.10. The molecule has 2 aromatic rings. The van der Waals surface area contributed by atoms with E-state index < -0.39 is 11.8 Å². The average molecular weight is 276 g/mol. The number of nitrogens with zero attached hydrogens (tertiary/aromatic N) is 1. The zero-order chi connectivity index (χ0) is 13.8. The van der Waals surface area contributed by atoms with Crippen LogP contribution in [0, 0.1) is 17.1 Å². The van der Waals surface area contributed by atoms with Crippen LogP contribution in [-0.2, 0) is 0 Å². The Balaban J connectivity index is 2.17. The highest BCUT2D eigenvalue weighted by Crippen LogP contribution is 2.18. The van der Waals surface area contributed by atoms with Gasteiger partial charge in [0.15, 0.2) is 0 Å². The van der Waals surface area contributed by atoms with Gasteiger partial charge in [0.1, 0.15) is 17.6 Å². The lowest BCUT2D eigenvalue weighted by atomic mass is 10.2. The van der Waals surface area contributed by atoms with Crippen LogP contribution in [0.2, 0.25) is 5.02 Å². The van der Waals surface area contributed by atoms with E-state index >= 15 is 0 Å². The fourth-order valence-corrected chi connectivity index (χ4v) is 1.53. The molecule has 3 nitrogen and oxygen atoms in total. The normalized spacial score (nSPS) is 9.74. The third-order valence-corrected chi connectivity index (χ3v) is 2.60. The van der Waals surface area contributed by atoms with E-state index in [1.807, 2.05) is 0 Å². The van der Waals surface area contributed by atoms with Crippen molar-refractivity contribution in [1.82, 2.24) is 0 Å². The van der Waals surface area contributed by atoms with Crippen molar-refractivity contribution in [2.24, 2.45) is 0 Å². The van der Waals surface area contributed by atoms with Gasteiger partial charge >= 0.3 is 5.97 Å². The molecule has 0 saturated carbocycles. The maximum absolute atomic E-state index is 13.3. The number of halogens is 2. The lowest BCUT2D eigenvalue weighted by Crippen LogP contribution is -2.08. The van der Waals surface area contributed by atoms with Crippen LogP contribution in [0.25, 0.3) is 0 Å². The summed E-state index contributed by atoms with van der Waals surface area (Å²) in [7, 11) is 0. The van der Waals surface area contributed by atoms with Gasteiger partial charge < -0.3 is 4.74 Å². The van der Waals surface area contributed by atoms with Gasteiger partial charge in [-0.1, -0.05) is 11.6 Å². The van der Waals surface area contributed by atoms with Crippen LogP contribution >= 0.6 is 11.6 Å². The Morgan fingerprint density at radius 1 is 1.21 bits per heavy atom. The van der Waals surface area contributed by atoms with Gasteiger partial charge in [0, 0.05) is 11.1 Å². The molecule has 5 heteroatoms.